The Morgan fingerprint density at radius 2 is 1.35 bits per heavy atom. The number of carbonyl (C=O) groups excluding carboxylic acids is 2. The highest BCUT2D eigenvalue weighted by molar-refractivity contribution is 6.07. The molecule has 0 bridgehead atoms. The lowest BCUT2D eigenvalue weighted by Gasteiger charge is -2.28. The summed E-state index contributed by atoms with van der Waals surface area (Å²) in [5, 5.41) is 5.76. The molecule has 1 aliphatic rings. The molecule has 4 aromatic rings. The van der Waals surface area contributed by atoms with Gasteiger partial charge in [-0.3, -0.25) is 9.59 Å². The molecule has 2 heterocycles. The van der Waals surface area contributed by atoms with E-state index in [0.29, 0.717) is 28.6 Å². The summed E-state index contributed by atoms with van der Waals surface area (Å²) in [5.41, 5.74) is 5.40. The molecule has 1 aliphatic heterocycles. The second kappa shape index (κ2) is 11.4. The number of anilines is 3. The van der Waals surface area contributed by atoms with Crippen LogP contribution in [0, 0.1) is 0 Å². The third-order valence-corrected chi connectivity index (χ3v) is 7.15. The first-order chi connectivity index (χ1) is 19.2. The van der Waals surface area contributed by atoms with E-state index >= 15 is 0 Å². The van der Waals surface area contributed by atoms with Gasteiger partial charge in [0.1, 0.15) is 0 Å². The van der Waals surface area contributed by atoms with Crippen molar-refractivity contribution in [3.8, 4) is 22.8 Å². The van der Waals surface area contributed by atoms with Crippen molar-refractivity contribution in [1.29, 1.82) is 0 Å². The zero-order valence-electron chi connectivity index (χ0n) is 23.6. The Kier molecular flexibility index (Phi) is 7.74. The normalized spacial score (nSPS) is 13.7. The maximum absolute atomic E-state index is 13.5. The quantitative estimate of drug-likeness (QED) is 0.266. The van der Waals surface area contributed by atoms with Crippen molar-refractivity contribution in [3.63, 3.8) is 0 Å². The van der Waals surface area contributed by atoms with Crippen molar-refractivity contribution in [2.24, 2.45) is 0 Å². The van der Waals surface area contributed by atoms with Crippen LogP contribution in [0.1, 0.15) is 63.0 Å². The van der Waals surface area contributed by atoms with Crippen LogP contribution in [0.3, 0.4) is 0 Å². The van der Waals surface area contributed by atoms with Crippen LogP contribution in [0.4, 0.5) is 17.1 Å². The van der Waals surface area contributed by atoms with Gasteiger partial charge in [0.15, 0.2) is 11.5 Å². The highest BCUT2D eigenvalue weighted by Gasteiger charge is 2.23. The van der Waals surface area contributed by atoms with Crippen LogP contribution >= 0.6 is 0 Å². The minimum atomic E-state index is -0.354. The Morgan fingerprint density at radius 3 is 1.95 bits per heavy atom. The number of hydrogen-bond donors (Lipinski definition) is 2. The molecule has 0 atom stereocenters. The van der Waals surface area contributed by atoms with E-state index in [9.17, 15) is 9.59 Å². The van der Waals surface area contributed by atoms with Gasteiger partial charge in [-0.05, 0) is 90.9 Å². The summed E-state index contributed by atoms with van der Waals surface area (Å²) in [4.78, 5) is 32.0. The number of benzene rings is 3. The van der Waals surface area contributed by atoms with E-state index in [-0.39, 0.29) is 22.9 Å². The molecule has 0 saturated carbocycles. The molecule has 40 heavy (non-hydrogen) atoms. The molecule has 1 saturated heterocycles. The van der Waals surface area contributed by atoms with Crippen LogP contribution in [-0.4, -0.2) is 29.9 Å². The molecular formula is C33H36N4O3. The number of amides is 2. The van der Waals surface area contributed by atoms with Crippen LogP contribution in [0.25, 0.3) is 22.8 Å². The molecule has 7 heteroatoms. The SMILES string of the molecule is CC(=O)Nc1ccc(-c2oc(-c3ccc(C(C)(C)C)cc3)nc2C(=O)Nc2ccc(N3CCCCC3)cc2)cc1. The van der Waals surface area contributed by atoms with E-state index in [2.05, 4.69) is 53.4 Å². The Bertz CT molecular complexity index is 1470. The molecular weight excluding hydrogens is 500 g/mol. The second-order valence-corrected chi connectivity index (χ2v) is 11.3. The fourth-order valence-electron chi connectivity index (χ4n) is 4.91. The van der Waals surface area contributed by atoms with Gasteiger partial charge in [0.2, 0.25) is 11.8 Å². The van der Waals surface area contributed by atoms with Gasteiger partial charge in [0.05, 0.1) is 0 Å². The summed E-state index contributed by atoms with van der Waals surface area (Å²) in [7, 11) is 0. The van der Waals surface area contributed by atoms with Gasteiger partial charge in [-0.1, -0.05) is 32.9 Å². The van der Waals surface area contributed by atoms with Gasteiger partial charge in [-0.25, -0.2) is 4.98 Å². The second-order valence-electron chi connectivity index (χ2n) is 11.3. The number of oxazole rings is 1. The van der Waals surface area contributed by atoms with Gasteiger partial charge in [-0.15, -0.1) is 0 Å². The monoisotopic (exact) mass is 536 g/mol. The first kappa shape index (κ1) is 27.2. The van der Waals surface area contributed by atoms with E-state index in [1.165, 1.54) is 37.4 Å². The van der Waals surface area contributed by atoms with Gasteiger partial charge < -0.3 is 20.0 Å². The Morgan fingerprint density at radius 1 is 0.775 bits per heavy atom. The smallest absolute Gasteiger partial charge is 0.278 e. The van der Waals surface area contributed by atoms with E-state index in [0.717, 1.165) is 18.7 Å². The molecule has 0 radical (unpaired) electrons. The van der Waals surface area contributed by atoms with Crippen molar-refractivity contribution < 1.29 is 14.0 Å². The summed E-state index contributed by atoms with van der Waals surface area (Å²) in [5.74, 6) is 0.228. The minimum Gasteiger partial charge on any atom is -0.435 e. The number of nitrogens with zero attached hydrogens (tertiary/aromatic N) is 2. The van der Waals surface area contributed by atoms with Crippen LogP contribution in [0.2, 0.25) is 0 Å². The van der Waals surface area contributed by atoms with Crippen LogP contribution < -0.4 is 15.5 Å². The maximum Gasteiger partial charge on any atom is 0.278 e. The number of nitrogens with one attached hydrogen (secondary N) is 2. The zero-order valence-corrected chi connectivity index (χ0v) is 23.6. The van der Waals surface area contributed by atoms with Gasteiger partial charge >= 0.3 is 0 Å². The van der Waals surface area contributed by atoms with Crippen LogP contribution in [0.15, 0.2) is 77.2 Å². The molecule has 206 valence electrons. The van der Waals surface area contributed by atoms with E-state index in [4.69, 9.17) is 4.42 Å². The number of carbonyl (C=O) groups is 2. The predicted octanol–water partition coefficient (Wildman–Crippen LogP) is 7.51. The lowest BCUT2D eigenvalue weighted by Crippen LogP contribution is -2.29. The molecule has 0 unspecified atom stereocenters. The first-order valence-corrected chi connectivity index (χ1v) is 13.8. The van der Waals surface area contributed by atoms with Gasteiger partial charge in [0, 0.05) is 48.2 Å². The average molecular weight is 537 g/mol. The van der Waals surface area contributed by atoms with Gasteiger partial charge in [-0.2, -0.15) is 0 Å². The third kappa shape index (κ3) is 6.25. The predicted molar refractivity (Wildman–Crippen MR) is 161 cm³/mol. The van der Waals surface area contributed by atoms with E-state index in [1.807, 2.05) is 48.5 Å². The lowest BCUT2D eigenvalue weighted by molar-refractivity contribution is -0.114. The molecule has 0 aliphatic carbocycles. The zero-order chi connectivity index (χ0) is 28.3. The number of hydrogen-bond acceptors (Lipinski definition) is 5. The van der Waals surface area contributed by atoms with Crippen molar-refractivity contribution in [3.05, 3.63) is 84.1 Å². The molecule has 3 aromatic carbocycles. The van der Waals surface area contributed by atoms with Crippen LogP contribution in [-0.2, 0) is 10.2 Å². The fourth-order valence-corrected chi connectivity index (χ4v) is 4.91. The summed E-state index contributed by atoms with van der Waals surface area (Å²) in [6.07, 6.45) is 3.70. The minimum absolute atomic E-state index is 0.0184. The molecule has 2 N–H and O–H groups in total. The molecule has 5 rings (SSSR count). The molecule has 7 nitrogen and oxygen atoms in total. The van der Waals surface area contributed by atoms with Crippen molar-refractivity contribution in [2.75, 3.05) is 28.6 Å². The first-order valence-electron chi connectivity index (χ1n) is 13.8. The van der Waals surface area contributed by atoms with E-state index < -0.39 is 0 Å². The Labute approximate surface area is 235 Å². The summed E-state index contributed by atoms with van der Waals surface area (Å²) < 4.78 is 6.22. The molecule has 0 spiro atoms. The van der Waals surface area contributed by atoms with Gasteiger partial charge in [0.25, 0.3) is 5.91 Å². The standard InChI is InChI=1S/C33H36N4O3/c1-22(38)34-26-14-10-23(11-15-26)30-29(36-32(40-30)24-8-12-25(13-9-24)33(2,3)4)31(39)35-27-16-18-28(19-17-27)37-20-6-5-7-21-37/h8-19H,5-7,20-21H2,1-4H3,(H,34,38)(H,35,39). The maximum atomic E-state index is 13.5. The number of aromatic nitrogens is 1. The average Bonchev–Trinajstić information content (AvgIpc) is 3.39. The molecule has 2 amide bonds. The Hall–Kier alpha value is -4.39. The highest BCUT2D eigenvalue weighted by Crippen LogP contribution is 2.33. The Balaban J connectivity index is 1.44. The van der Waals surface area contributed by atoms with Crippen molar-refractivity contribution in [2.45, 2.75) is 52.4 Å². The summed E-state index contributed by atoms with van der Waals surface area (Å²) >= 11 is 0. The highest BCUT2D eigenvalue weighted by atomic mass is 16.4. The number of piperidine rings is 1. The topological polar surface area (TPSA) is 87.5 Å². The van der Waals surface area contributed by atoms with Crippen LogP contribution in [0.5, 0.6) is 0 Å². The van der Waals surface area contributed by atoms with E-state index in [1.54, 1.807) is 12.1 Å². The largest absolute Gasteiger partial charge is 0.435 e. The van der Waals surface area contributed by atoms with Crippen molar-refractivity contribution >= 4 is 28.9 Å². The lowest BCUT2D eigenvalue weighted by atomic mass is 9.87. The van der Waals surface area contributed by atoms with Crippen molar-refractivity contribution in [1.82, 2.24) is 4.98 Å². The summed E-state index contributed by atoms with van der Waals surface area (Å²) in [6, 6.07) is 23.2. The number of rotatable bonds is 6. The fraction of sp³-hybridized carbons (Fsp3) is 0.303. The molecule has 1 fully saturated rings. The summed E-state index contributed by atoms with van der Waals surface area (Å²) in [6.45, 7) is 10.1. The third-order valence-electron chi connectivity index (χ3n) is 7.15. The molecule has 1 aromatic heterocycles.